The zero-order chi connectivity index (χ0) is 15.8. The van der Waals surface area contributed by atoms with E-state index in [0.29, 0.717) is 4.47 Å². The normalized spacial score (nSPS) is 11.4. The van der Waals surface area contributed by atoms with Crippen molar-refractivity contribution >= 4 is 49.2 Å². The van der Waals surface area contributed by atoms with Crippen molar-refractivity contribution in [2.75, 3.05) is 4.72 Å². The summed E-state index contributed by atoms with van der Waals surface area (Å²) in [5, 5.41) is 12.5. The number of hydrogen-bond acceptors (Lipinski definition) is 4. The number of carboxylic acid groups (broad SMARTS) is 1. The lowest BCUT2D eigenvalue weighted by Crippen LogP contribution is -2.17. The number of sulfonamides is 1. The van der Waals surface area contributed by atoms with Crippen LogP contribution in [0.4, 0.5) is 5.69 Å². The number of carbonyl (C=O) groups is 1. The third-order valence-electron chi connectivity index (χ3n) is 2.55. The highest BCUT2D eigenvalue weighted by Crippen LogP contribution is 2.25. The first-order valence-electron chi connectivity index (χ1n) is 5.45. The predicted octanol–water partition coefficient (Wildman–Crippen LogP) is 2.33. The second-order valence-corrected chi connectivity index (χ2v) is 6.89. The molecule has 0 unspecified atom stereocenters. The lowest BCUT2D eigenvalue weighted by Gasteiger charge is -2.10. The number of nitrogens with zero attached hydrogens (tertiary/aromatic N) is 2. The zero-order valence-corrected chi connectivity index (χ0v) is 13.7. The number of halogens is 2. The van der Waals surface area contributed by atoms with E-state index in [2.05, 4.69) is 25.8 Å². The van der Waals surface area contributed by atoms with E-state index in [0.717, 1.165) is 4.68 Å². The van der Waals surface area contributed by atoms with Gasteiger partial charge >= 0.3 is 5.97 Å². The Morgan fingerprint density at radius 1 is 1.48 bits per heavy atom. The van der Waals surface area contributed by atoms with Crippen LogP contribution in [0.15, 0.2) is 33.9 Å². The predicted molar refractivity (Wildman–Crippen MR) is 80.1 cm³/mol. The van der Waals surface area contributed by atoms with Crippen LogP contribution < -0.4 is 4.72 Å². The van der Waals surface area contributed by atoms with Crippen LogP contribution >= 0.6 is 27.5 Å². The van der Waals surface area contributed by atoms with E-state index in [1.807, 2.05) is 0 Å². The van der Waals surface area contributed by atoms with Crippen molar-refractivity contribution in [3.8, 4) is 0 Å². The molecule has 0 saturated heterocycles. The summed E-state index contributed by atoms with van der Waals surface area (Å²) in [6.45, 7) is 0. The monoisotopic (exact) mass is 393 g/mol. The SMILES string of the molecule is Cn1ncc(Cl)c1S(=O)(=O)Nc1ccc(Br)c(C(=O)O)c1. The highest BCUT2D eigenvalue weighted by Gasteiger charge is 2.23. The molecule has 1 aromatic heterocycles. The number of aromatic nitrogens is 2. The van der Waals surface area contributed by atoms with Crippen molar-refractivity contribution < 1.29 is 18.3 Å². The van der Waals surface area contributed by atoms with Crippen molar-refractivity contribution in [3.63, 3.8) is 0 Å². The lowest BCUT2D eigenvalue weighted by molar-refractivity contribution is 0.0696. The van der Waals surface area contributed by atoms with E-state index in [9.17, 15) is 13.2 Å². The molecule has 0 spiro atoms. The molecule has 0 fully saturated rings. The van der Waals surface area contributed by atoms with Gasteiger partial charge < -0.3 is 5.11 Å². The molecule has 7 nitrogen and oxygen atoms in total. The number of nitrogens with one attached hydrogen (secondary N) is 1. The average Bonchev–Trinajstić information content (AvgIpc) is 2.71. The smallest absolute Gasteiger partial charge is 0.336 e. The van der Waals surface area contributed by atoms with Crippen LogP contribution in [0.3, 0.4) is 0 Å². The van der Waals surface area contributed by atoms with Crippen LogP contribution in [0, 0.1) is 0 Å². The fraction of sp³-hybridized carbons (Fsp3) is 0.0909. The van der Waals surface area contributed by atoms with Crippen LogP contribution in [0.5, 0.6) is 0 Å². The maximum atomic E-state index is 12.3. The maximum Gasteiger partial charge on any atom is 0.336 e. The van der Waals surface area contributed by atoms with Gasteiger partial charge in [-0.1, -0.05) is 11.6 Å². The second-order valence-electron chi connectivity index (χ2n) is 4.03. The van der Waals surface area contributed by atoms with Crippen LogP contribution in [0.2, 0.25) is 5.02 Å². The molecule has 1 aromatic carbocycles. The van der Waals surface area contributed by atoms with Gasteiger partial charge in [-0.15, -0.1) is 0 Å². The Labute approximate surface area is 133 Å². The van der Waals surface area contributed by atoms with Gasteiger partial charge in [0.1, 0.15) is 0 Å². The van der Waals surface area contributed by atoms with Gasteiger partial charge in [-0.25, -0.2) is 4.79 Å². The van der Waals surface area contributed by atoms with Crippen LogP contribution in [-0.2, 0) is 17.1 Å². The summed E-state index contributed by atoms with van der Waals surface area (Å²) in [5.74, 6) is -1.18. The van der Waals surface area contributed by atoms with E-state index in [-0.39, 0.29) is 21.3 Å². The Kier molecular flexibility index (Phi) is 4.26. The highest BCUT2D eigenvalue weighted by atomic mass is 79.9. The Balaban J connectivity index is 2.42. The molecule has 0 amide bonds. The third kappa shape index (κ3) is 3.20. The molecule has 0 aliphatic rings. The lowest BCUT2D eigenvalue weighted by atomic mass is 10.2. The highest BCUT2D eigenvalue weighted by molar-refractivity contribution is 9.10. The Morgan fingerprint density at radius 3 is 2.67 bits per heavy atom. The van der Waals surface area contributed by atoms with Gasteiger partial charge in [-0.3, -0.25) is 9.40 Å². The quantitative estimate of drug-likeness (QED) is 0.829. The van der Waals surface area contributed by atoms with Gasteiger partial charge in [0.15, 0.2) is 5.03 Å². The van der Waals surface area contributed by atoms with Crippen molar-refractivity contribution in [2.45, 2.75) is 5.03 Å². The molecule has 2 rings (SSSR count). The van der Waals surface area contributed by atoms with Gasteiger partial charge in [0.05, 0.1) is 16.8 Å². The number of aryl methyl sites for hydroxylation is 1. The Bertz CT molecular complexity index is 799. The molecular formula is C11H9BrClN3O4S. The Hall–Kier alpha value is -1.58. The molecule has 112 valence electrons. The summed E-state index contributed by atoms with van der Waals surface area (Å²) in [5.41, 5.74) is 0.0409. The fourth-order valence-electron chi connectivity index (χ4n) is 1.66. The van der Waals surface area contributed by atoms with Gasteiger partial charge in [-0.2, -0.15) is 13.5 Å². The van der Waals surface area contributed by atoms with E-state index in [4.69, 9.17) is 16.7 Å². The first-order valence-corrected chi connectivity index (χ1v) is 8.11. The number of benzene rings is 1. The molecule has 2 aromatic rings. The molecule has 10 heteroatoms. The number of carboxylic acids is 1. The summed E-state index contributed by atoms with van der Waals surface area (Å²) < 4.78 is 28.2. The Morgan fingerprint density at radius 2 is 2.14 bits per heavy atom. The minimum Gasteiger partial charge on any atom is -0.478 e. The largest absolute Gasteiger partial charge is 0.478 e. The van der Waals surface area contributed by atoms with E-state index >= 15 is 0 Å². The third-order valence-corrected chi connectivity index (χ3v) is 5.12. The van der Waals surface area contributed by atoms with Gasteiger partial charge in [0.25, 0.3) is 10.0 Å². The summed E-state index contributed by atoms with van der Waals surface area (Å²) in [6, 6.07) is 4.07. The summed E-state index contributed by atoms with van der Waals surface area (Å²) in [4.78, 5) is 11.0. The van der Waals surface area contributed by atoms with Crippen molar-refractivity contribution in [2.24, 2.45) is 7.05 Å². The molecule has 0 aliphatic carbocycles. The van der Waals surface area contributed by atoms with Crippen LogP contribution in [0.1, 0.15) is 10.4 Å². The molecular weight excluding hydrogens is 386 g/mol. The number of rotatable bonds is 4. The molecule has 1 heterocycles. The molecule has 0 saturated carbocycles. The van der Waals surface area contributed by atoms with Crippen LogP contribution in [0.25, 0.3) is 0 Å². The van der Waals surface area contributed by atoms with Gasteiger partial charge in [0.2, 0.25) is 0 Å². The second kappa shape index (κ2) is 5.66. The molecule has 0 bridgehead atoms. The minimum absolute atomic E-state index is 0.0273. The summed E-state index contributed by atoms with van der Waals surface area (Å²) >= 11 is 8.88. The van der Waals surface area contributed by atoms with Gasteiger partial charge in [0, 0.05) is 17.2 Å². The van der Waals surface area contributed by atoms with Crippen molar-refractivity contribution in [1.29, 1.82) is 0 Å². The molecule has 0 atom stereocenters. The molecule has 21 heavy (non-hydrogen) atoms. The maximum absolute atomic E-state index is 12.3. The van der Waals surface area contributed by atoms with E-state index in [1.54, 1.807) is 0 Å². The number of aromatic carboxylic acids is 1. The zero-order valence-electron chi connectivity index (χ0n) is 10.5. The van der Waals surface area contributed by atoms with E-state index in [1.165, 1.54) is 31.4 Å². The van der Waals surface area contributed by atoms with Crippen molar-refractivity contribution in [1.82, 2.24) is 9.78 Å². The first kappa shape index (κ1) is 15.8. The topological polar surface area (TPSA) is 101 Å². The summed E-state index contributed by atoms with van der Waals surface area (Å²) in [7, 11) is -2.54. The van der Waals surface area contributed by atoms with Crippen LogP contribution in [-0.4, -0.2) is 29.3 Å². The molecule has 2 N–H and O–H groups in total. The van der Waals surface area contributed by atoms with Crippen molar-refractivity contribution in [3.05, 3.63) is 39.5 Å². The standard InChI is InChI=1S/C11H9BrClN3O4S/c1-16-10(9(13)5-14-16)21(19,20)15-6-2-3-8(12)7(4-6)11(17)18/h2-5,15H,1H3,(H,17,18). The van der Waals surface area contributed by atoms with E-state index < -0.39 is 16.0 Å². The number of hydrogen-bond donors (Lipinski definition) is 2. The first-order chi connectivity index (χ1) is 9.72. The summed E-state index contributed by atoms with van der Waals surface area (Å²) in [6.07, 6.45) is 1.21. The number of anilines is 1. The fourth-order valence-corrected chi connectivity index (χ4v) is 3.78. The molecule has 0 radical (unpaired) electrons. The average molecular weight is 395 g/mol. The van der Waals surface area contributed by atoms with Gasteiger partial charge in [-0.05, 0) is 34.1 Å². The minimum atomic E-state index is -3.98. The molecule has 0 aliphatic heterocycles.